The van der Waals surface area contributed by atoms with Crippen LogP contribution in [0.25, 0.3) is 0 Å². The van der Waals surface area contributed by atoms with Crippen LogP contribution in [-0.4, -0.2) is 28.7 Å². The summed E-state index contributed by atoms with van der Waals surface area (Å²) in [6, 6.07) is 12.5. The van der Waals surface area contributed by atoms with Crippen molar-refractivity contribution in [1.82, 2.24) is 4.90 Å². The molecule has 0 fully saturated rings. The van der Waals surface area contributed by atoms with E-state index in [4.69, 9.17) is 11.6 Å². The molecule has 134 valence electrons. The number of carbonyl (C=O) groups excluding carboxylic acids is 3. The highest BCUT2D eigenvalue weighted by molar-refractivity contribution is 6.30. The van der Waals surface area contributed by atoms with Crippen LogP contribution < -0.4 is 5.32 Å². The zero-order chi connectivity index (χ0) is 18.7. The third-order valence-electron chi connectivity index (χ3n) is 4.38. The smallest absolute Gasteiger partial charge is 0.262 e. The summed E-state index contributed by atoms with van der Waals surface area (Å²) in [5.41, 5.74) is 1.26. The van der Waals surface area contributed by atoms with Gasteiger partial charge >= 0.3 is 0 Å². The number of carbonyl (C=O) groups is 3. The molecule has 1 aliphatic rings. The zero-order valence-corrected chi connectivity index (χ0v) is 15.1. The van der Waals surface area contributed by atoms with Gasteiger partial charge in [0.2, 0.25) is 5.91 Å². The predicted octanol–water partition coefficient (Wildman–Crippen LogP) is 4.13. The number of amides is 3. The molecular weight excluding hydrogens is 352 g/mol. The molecule has 0 radical (unpaired) electrons. The van der Waals surface area contributed by atoms with Crippen LogP contribution in [0.4, 0.5) is 5.69 Å². The summed E-state index contributed by atoms with van der Waals surface area (Å²) in [7, 11) is 0. The number of hydrogen-bond donors (Lipinski definition) is 1. The molecule has 2 aromatic rings. The number of anilines is 1. The largest absolute Gasteiger partial charge is 0.324 e. The Labute approximate surface area is 156 Å². The fraction of sp³-hybridized carbons (Fsp3) is 0.250. The lowest BCUT2D eigenvalue weighted by molar-refractivity contribution is -0.120. The third kappa shape index (κ3) is 3.48. The highest BCUT2D eigenvalue weighted by atomic mass is 35.5. The topological polar surface area (TPSA) is 66.5 Å². The molecule has 2 aromatic carbocycles. The van der Waals surface area contributed by atoms with Gasteiger partial charge in [-0.2, -0.15) is 0 Å². The van der Waals surface area contributed by atoms with Crippen molar-refractivity contribution >= 4 is 35.0 Å². The van der Waals surface area contributed by atoms with Crippen molar-refractivity contribution in [3.05, 3.63) is 64.7 Å². The third-order valence-corrected chi connectivity index (χ3v) is 4.63. The minimum atomic E-state index is -0.849. The summed E-state index contributed by atoms with van der Waals surface area (Å²) in [6.07, 6.45) is 2.00. The molecule has 0 bridgehead atoms. The summed E-state index contributed by atoms with van der Waals surface area (Å²) < 4.78 is 0. The number of benzene rings is 2. The van der Waals surface area contributed by atoms with E-state index in [1.807, 2.05) is 6.92 Å². The number of nitrogens with zero attached hydrogens (tertiary/aromatic N) is 1. The van der Waals surface area contributed by atoms with Crippen molar-refractivity contribution in [2.24, 2.45) is 0 Å². The second-order valence-electron chi connectivity index (χ2n) is 6.18. The van der Waals surface area contributed by atoms with Crippen LogP contribution in [-0.2, 0) is 4.79 Å². The van der Waals surface area contributed by atoms with Gasteiger partial charge in [0.15, 0.2) is 0 Å². The van der Waals surface area contributed by atoms with Crippen molar-refractivity contribution in [2.75, 3.05) is 5.32 Å². The Kier molecular flexibility index (Phi) is 5.38. The number of imide groups is 1. The van der Waals surface area contributed by atoms with E-state index in [-0.39, 0.29) is 5.91 Å². The zero-order valence-electron chi connectivity index (χ0n) is 14.4. The first-order valence-electron chi connectivity index (χ1n) is 8.56. The molecule has 0 aromatic heterocycles. The van der Waals surface area contributed by atoms with Gasteiger partial charge in [0.25, 0.3) is 11.8 Å². The maximum absolute atomic E-state index is 12.8. The normalized spacial score (nSPS) is 14.3. The van der Waals surface area contributed by atoms with Crippen LogP contribution in [0, 0.1) is 0 Å². The van der Waals surface area contributed by atoms with E-state index < -0.39 is 17.9 Å². The Morgan fingerprint density at radius 3 is 2.15 bits per heavy atom. The lowest BCUT2D eigenvalue weighted by Gasteiger charge is -2.25. The summed E-state index contributed by atoms with van der Waals surface area (Å²) in [4.78, 5) is 39.4. The monoisotopic (exact) mass is 370 g/mol. The molecule has 3 rings (SSSR count). The molecule has 0 aliphatic carbocycles. The molecule has 1 heterocycles. The Hall–Kier alpha value is -2.66. The van der Waals surface area contributed by atoms with Gasteiger partial charge < -0.3 is 5.32 Å². The lowest BCUT2D eigenvalue weighted by Crippen LogP contribution is -2.47. The first-order chi connectivity index (χ1) is 12.5. The summed E-state index contributed by atoms with van der Waals surface area (Å²) in [5.74, 6) is -1.22. The summed E-state index contributed by atoms with van der Waals surface area (Å²) >= 11 is 5.86. The molecule has 0 saturated carbocycles. The maximum Gasteiger partial charge on any atom is 0.262 e. The Morgan fingerprint density at radius 2 is 1.62 bits per heavy atom. The van der Waals surface area contributed by atoms with E-state index in [1.165, 1.54) is 0 Å². The van der Waals surface area contributed by atoms with Crippen LogP contribution >= 0.6 is 11.6 Å². The number of hydrogen-bond acceptors (Lipinski definition) is 3. The minimum Gasteiger partial charge on any atom is -0.324 e. The molecule has 1 aliphatic heterocycles. The minimum absolute atomic E-state index is 0.346. The van der Waals surface area contributed by atoms with Crippen LogP contribution in [0.3, 0.4) is 0 Å². The van der Waals surface area contributed by atoms with E-state index in [2.05, 4.69) is 5.32 Å². The van der Waals surface area contributed by atoms with Crippen molar-refractivity contribution < 1.29 is 14.4 Å². The summed E-state index contributed by atoms with van der Waals surface area (Å²) in [5, 5.41) is 3.34. The Balaban J connectivity index is 1.86. The van der Waals surface area contributed by atoms with E-state index in [0.29, 0.717) is 28.3 Å². The number of unbranched alkanes of at least 4 members (excludes halogenated alkanes) is 1. The van der Waals surface area contributed by atoms with Gasteiger partial charge in [-0.05, 0) is 42.8 Å². The highest BCUT2D eigenvalue weighted by Gasteiger charge is 2.42. The average molecular weight is 371 g/mol. The van der Waals surface area contributed by atoms with Crippen LogP contribution in [0.5, 0.6) is 0 Å². The van der Waals surface area contributed by atoms with Gasteiger partial charge in [-0.15, -0.1) is 0 Å². The number of halogens is 1. The SMILES string of the molecule is CCCC[C@H](C(=O)Nc1ccc(Cl)cc1)N1C(=O)c2ccccc2C1=O. The molecule has 0 saturated heterocycles. The first-order valence-corrected chi connectivity index (χ1v) is 8.94. The van der Waals surface area contributed by atoms with Gasteiger partial charge in [-0.3, -0.25) is 19.3 Å². The van der Waals surface area contributed by atoms with Crippen LogP contribution in [0.1, 0.15) is 46.9 Å². The fourth-order valence-corrected chi connectivity index (χ4v) is 3.15. The summed E-state index contributed by atoms with van der Waals surface area (Å²) in [6.45, 7) is 2.00. The number of rotatable bonds is 6. The molecule has 1 atom stereocenters. The number of fused-ring (bicyclic) bond motifs is 1. The van der Waals surface area contributed by atoms with Gasteiger partial charge in [0, 0.05) is 10.7 Å². The van der Waals surface area contributed by atoms with Crippen molar-refractivity contribution in [1.29, 1.82) is 0 Å². The lowest BCUT2D eigenvalue weighted by atomic mass is 10.1. The molecule has 0 unspecified atom stereocenters. The van der Waals surface area contributed by atoms with Gasteiger partial charge in [0.1, 0.15) is 6.04 Å². The second-order valence-corrected chi connectivity index (χ2v) is 6.62. The van der Waals surface area contributed by atoms with Gasteiger partial charge in [0.05, 0.1) is 11.1 Å². The molecular formula is C20H19ClN2O3. The second kappa shape index (κ2) is 7.70. The fourth-order valence-electron chi connectivity index (χ4n) is 3.02. The van der Waals surface area contributed by atoms with E-state index in [0.717, 1.165) is 17.7 Å². The van der Waals surface area contributed by atoms with E-state index in [9.17, 15) is 14.4 Å². The predicted molar refractivity (Wildman–Crippen MR) is 100 cm³/mol. The molecule has 1 N–H and O–H groups in total. The molecule has 0 spiro atoms. The van der Waals surface area contributed by atoms with Gasteiger partial charge in [-0.1, -0.05) is 43.5 Å². The van der Waals surface area contributed by atoms with Crippen molar-refractivity contribution in [2.45, 2.75) is 32.2 Å². The molecule has 3 amide bonds. The van der Waals surface area contributed by atoms with E-state index >= 15 is 0 Å². The standard InChI is InChI=1S/C20H19ClN2O3/c1-2-3-8-17(18(24)22-14-11-9-13(21)10-12-14)23-19(25)15-6-4-5-7-16(15)20(23)26/h4-7,9-12,17H,2-3,8H2,1H3,(H,22,24)/t17-/m1/s1. The average Bonchev–Trinajstić information content (AvgIpc) is 2.89. The van der Waals surface area contributed by atoms with Crippen molar-refractivity contribution in [3.8, 4) is 0 Å². The van der Waals surface area contributed by atoms with E-state index in [1.54, 1.807) is 48.5 Å². The molecule has 26 heavy (non-hydrogen) atoms. The first kappa shape index (κ1) is 18.1. The molecule has 6 heteroatoms. The molecule has 5 nitrogen and oxygen atoms in total. The van der Waals surface area contributed by atoms with Gasteiger partial charge in [-0.25, -0.2) is 0 Å². The van der Waals surface area contributed by atoms with Crippen LogP contribution in [0.2, 0.25) is 5.02 Å². The quantitative estimate of drug-likeness (QED) is 0.777. The Bertz CT molecular complexity index is 813. The van der Waals surface area contributed by atoms with Crippen LogP contribution in [0.15, 0.2) is 48.5 Å². The maximum atomic E-state index is 12.8. The number of nitrogens with one attached hydrogen (secondary N) is 1. The van der Waals surface area contributed by atoms with Crippen molar-refractivity contribution in [3.63, 3.8) is 0 Å². The highest BCUT2D eigenvalue weighted by Crippen LogP contribution is 2.27. The Morgan fingerprint density at radius 1 is 1.04 bits per heavy atom.